The van der Waals surface area contributed by atoms with Gasteiger partial charge < -0.3 is 0 Å². The van der Waals surface area contributed by atoms with Crippen molar-refractivity contribution in [1.82, 2.24) is 0 Å². The average Bonchev–Trinajstić information content (AvgIpc) is 2.35. The summed E-state index contributed by atoms with van der Waals surface area (Å²) in [5, 5.41) is 1.29. The van der Waals surface area contributed by atoms with Crippen LogP contribution in [0.15, 0.2) is 18.2 Å². The molecular formula is C15H19BrCl2. The molecule has 0 saturated heterocycles. The molecule has 0 N–H and O–H groups in total. The molecule has 2 rings (SSSR count). The van der Waals surface area contributed by atoms with Crippen molar-refractivity contribution in [2.45, 2.75) is 50.3 Å². The molecule has 0 heterocycles. The normalized spacial score (nSPS) is 20.7. The molecule has 0 aliphatic heterocycles. The lowest BCUT2D eigenvalue weighted by Crippen LogP contribution is -2.31. The van der Waals surface area contributed by atoms with Crippen molar-refractivity contribution >= 4 is 39.1 Å². The second-order valence-corrected chi connectivity index (χ2v) is 7.55. The molecule has 0 radical (unpaired) electrons. The second-order valence-electron chi connectivity index (χ2n) is 5.63. The van der Waals surface area contributed by atoms with E-state index >= 15 is 0 Å². The Morgan fingerprint density at radius 2 is 1.83 bits per heavy atom. The SMILES string of the molecule is CC1(C(Br)Cc2ccc(Cl)c(Cl)c2)CCCCC1. The molecule has 0 bridgehead atoms. The van der Waals surface area contributed by atoms with Crippen LogP contribution in [0.5, 0.6) is 0 Å². The summed E-state index contributed by atoms with van der Waals surface area (Å²) in [5.41, 5.74) is 1.68. The number of halogens is 3. The zero-order valence-corrected chi connectivity index (χ0v) is 13.8. The first-order valence-electron chi connectivity index (χ1n) is 6.59. The summed E-state index contributed by atoms with van der Waals surface area (Å²) in [7, 11) is 0. The molecule has 1 aromatic rings. The third kappa shape index (κ3) is 3.43. The fourth-order valence-corrected chi connectivity index (χ4v) is 3.94. The number of benzene rings is 1. The van der Waals surface area contributed by atoms with Gasteiger partial charge in [-0.25, -0.2) is 0 Å². The summed E-state index contributed by atoms with van der Waals surface area (Å²) < 4.78 is 0. The average molecular weight is 350 g/mol. The van der Waals surface area contributed by atoms with Crippen LogP contribution >= 0.6 is 39.1 Å². The summed E-state index contributed by atoms with van der Waals surface area (Å²) in [5.74, 6) is 0. The Kier molecular flexibility index (Phi) is 5.02. The van der Waals surface area contributed by atoms with Crippen LogP contribution in [-0.2, 0) is 6.42 Å². The van der Waals surface area contributed by atoms with E-state index < -0.39 is 0 Å². The molecule has 1 aliphatic rings. The fraction of sp³-hybridized carbons (Fsp3) is 0.600. The Morgan fingerprint density at radius 3 is 2.44 bits per heavy atom. The molecule has 1 aromatic carbocycles. The molecule has 0 nitrogen and oxygen atoms in total. The minimum Gasteiger partial charge on any atom is -0.0881 e. The highest BCUT2D eigenvalue weighted by Crippen LogP contribution is 2.43. The van der Waals surface area contributed by atoms with Crippen LogP contribution in [-0.4, -0.2) is 4.83 Å². The smallest absolute Gasteiger partial charge is 0.0595 e. The maximum Gasteiger partial charge on any atom is 0.0595 e. The second kappa shape index (κ2) is 6.15. The molecule has 1 atom stereocenters. The summed E-state index contributed by atoms with van der Waals surface area (Å²) in [4.78, 5) is 0.516. The van der Waals surface area contributed by atoms with Gasteiger partial charge >= 0.3 is 0 Å². The van der Waals surface area contributed by atoms with Gasteiger partial charge in [0.25, 0.3) is 0 Å². The molecule has 100 valence electrons. The lowest BCUT2D eigenvalue weighted by atomic mass is 9.72. The van der Waals surface area contributed by atoms with E-state index in [0.717, 1.165) is 6.42 Å². The lowest BCUT2D eigenvalue weighted by Gasteiger charge is -2.38. The van der Waals surface area contributed by atoms with Gasteiger partial charge in [-0.3, -0.25) is 0 Å². The Bertz CT molecular complexity index is 411. The van der Waals surface area contributed by atoms with Crippen LogP contribution in [0.3, 0.4) is 0 Å². The standard InChI is InChI=1S/C15H19BrCl2/c1-15(7-3-2-4-8-15)14(16)10-11-5-6-12(17)13(18)9-11/h5-6,9,14H,2-4,7-8,10H2,1H3. The highest BCUT2D eigenvalue weighted by atomic mass is 79.9. The van der Waals surface area contributed by atoms with Gasteiger partial charge in [0.2, 0.25) is 0 Å². The Balaban J connectivity index is 2.05. The van der Waals surface area contributed by atoms with Gasteiger partial charge in [-0.05, 0) is 42.4 Å². The lowest BCUT2D eigenvalue weighted by molar-refractivity contribution is 0.211. The van der Waals surface area contributed by atoms with Gasteiger partial charge in [-0.1, -0.05) is 71.4 Å². The molecule has 1 unspecified atom stereocenters. The van der Waals surface area contributed by atoms with Crippen molar-refractivity contribution in [3.05, 3.63) is 33.8 Å². The molecule has 1 fully saturated rings. The number of rotatable bonds is 3. The Labute approximate surface area is 128 Å². The Hall–Kier alpha value is 0.280. The zero-order valence-electron chi connectivity index (χ0n) is 10.7. The monoisotopic (exact) mass is 348 g/mol. The summed E-state index contributed by atoms with van der Waals surface area (Å²) >= 11 is 15.9. The highest BCUT2D eigenvalue weighted by molar-refractivity contribution is 9.09. The van der Waals surface area contributed by atoms with Gasteiger partial charge in [0.1, 0.15) is 0 Å². The summed E-state index contributed by atoms with van der Waals surface area (Å²) in [6.45, 7) is 2.41. The molecule has 1 saturated carbocycles. The van der Waals surface area contributed by atoms with E-state index in [4.69, 9.17) is 23.2 Å². The Morgan fingerprint density at radius 1 is 1.17 bits per heavy atom. The first kappa shape index (κ1) is 14.7. The first-order valence-corrected chi connectivity index (χ1v) is 8.26. The van der Waals surface area contributed by atoms with Crippen LogP contribution in [0.2, 0.25) is 10.0 Å². The molecule has 0 spiro atoms. The predicted octanol–water partition coefficient (Wildman–Crippen LogP) is 6.27. The molecule has 3 heteroatoms. The van der Waals surface area contributed by atoms with E-state index in [1.54, 1.807) is 0 Å². The zero-order chi connectivity index (χ0) is 13.2. The minimum atomic E-state index is 0.421. The van der Waals surface area contributed by atoms with E-state index in [-0.39, 0.29) is 0 Å². The van der Waals surface area contributed by atoms with Crippen molar-refractivity contribution in [2.24, 2.45) is 5.41 Å². The van der Waals surface area contributed by atoms with Crippen molar-refractivity contribution in [1.29, 1.82) is 0 Å². The van der Waals surface area contributed by atoms with Gasteiger partial charge in [0.05, 0.1) is 10.0 Å². The summed E-state index contributed by atoms with van der Waals surface area (Å²) in [6, 6.07) is 5.96. The maximum atomic E-state index is 6.07. The number of alkyl halides is 1. The van der Waals surface area contributed by atoms with E-state index in [2.05, 4.69) is 28.9 Å². The van der Waals surface area contributed by atoms with Crippen molar-refractivity contribution in [3.63, 3.8) is 0 Å². The van der Waals surface area contributed by atoms with E-state index in [1.807, 2.05) is 12.1 Å². The molecular weight excluding hydrogens is 331 g/mol. The van der Waals surface area contributed by atoms with Crippen LogP contribution < -0.4 is 0 Å². The topological polar surface area (TPSA) is 0 Å². The number of hydrogen-bond donors (Lipinski definition) is 0. The van der Waals surface area contributed by atoms with Gasteiger partial charge in [-0.2, -0.15) is 0 Å². The molecule has 0 amide bonds. The quantitative estimate of drug-likeness (QED) is 0.564. The van der Waals surface area contributed by atoms with Crippen molar-refractivity contribution in [2.75, 3.05) is 0 Å². The minimum absolute atomic E-state index is 0.421. The first-order chi connectivity index (χ1) is 8.51. The maximum absolute atomic E-state index is 6.07. The van der Waals surface area contributed by atoms with Crippen molar-refractivity contribution in [3.8, 4) is 0 Å². The third-order valence-electron chi connectivity index (χ3n) is 4.15. The largest absolute Gasteiger partial charge is 0.0881 e. The van der Waals surface area contributed by atoms with Crippen molar-refractivity contribution < 1.29 is 0 Å². The van der Waals surface area contributed by atoms with Crippen LogP contribution in [0, 0.1) is 5.41 Å². The highest BCUT2D eigenvalue weighted by Gasteiger charge is 2.33. The van der Waals surface area contributed by atoms with E-state index in [1.165, 1.54) is 37.7 Å². The third-order valence-corrected chi connectivity index (χ3v) is 6.32. The van der Waals surface area contributed by atoms with Gasteiger partial charge in [0, 0.05) is 4.83 Å². The van der Waals surface area contributed by atoms with Crippen LogP contribution in [0.25, 0.3) is 0 Å². The molecule has 18 heavy (non-hydrogen) atoms. The van der Waals surface area contributed by atoms with Gasteiger partial charge in [0.15, 0.2) is 0 Å². The summed E-state index contributed by atoms with van der Waals surface area (Å²) in [6.07, 6.45) is 7.78. The van der Waals surface area contributed by atoms with E-state index in [0.29, 0.717) is 20.3 Å². The molecule has 0 aromatic heterocycles. The number of hydrogen-bond acceptors (Lipinski definition) is 0. The predicted molar refractivity (Wildman–Crippen MR) is 84.1 cm³/mol. The van der Waals surface area contributed by atoms with Crippen LogP contribution in [0.1, 0.15) is 44.6 Å². The van der Waals surface area contributed by atoms with E-state index in [9.17, 15) is 0 Å². The molecule has 1 aliphatic carbocycles. The van der Waals surface area contributed by atoms with Gasteiger partial charge in [-0.15, -0.1) is 0 Å². The fourth-order valence-electron chi connectivity index (χ4n) is 2.79. The van der Waals surface area contributed by atoms with Crippen LogP contribution in [0.4, 0.5) is 0 Å².